The number of sulfone groups is 1. The number of thioether (sulfide) groups is 1. The summed E-state index contributed by atoms with van der Waals surface area (Å²) in [5.74, 6) is 0.936. The minimum Gasteiger partial charge on any atom is -0.227 e. The predicted molar refractivity (Wildman–Crippen MR) is 66.7 cm³/mol. The van der Waals surface area contributed by atoms with Crippen molar-refractivity contribution < 1.29 is 16.8 Å². The first-order valence-electron chi connectivity index (χ1n) is 5.14. The fourth-order valence-corrected chi connectivity index (χ4v) is 6.50. The molecule has 0 aromatic carbocycles. The van der Waals surface area contributed by atoms with Crippen LogP contribution in [0.15, 0.2) is 0 Å². The van der Waals surface area contributed by atoms with Crippen LogP contribution in [0.5, 0.6) is 0 Å². The second-order valence-corrected chi connectivity index (χ2v) is 9.30. The molecule has 1 unspecified atom stereocenters. The van der Waals surface area contributed by atoms with E-state index in [0.717, 1.165) is 4.31 Å². The highest BCUT2D eigenvalue weighted by atomic mass is 32.2. The highest BCUT2D eigenvalue weighted by Gasteiger charge is 2.38. The van der Waals surface area contributed by atoms with Crippen LogP contribution in [0.25, 0.3) is 0 Å². The van der Waals surface area contributed by atoms with Crippen LogP contribution in [0, 0.1) is 0 Å². The molecule has 96 valence electrons. The summed E-state index contributed by atoms with van der Waals surface area (Å²) in [6.45, 7) is 3.38. The number of rotatable bonds is 4. The maximum absolute atomic E-state index is 11.8. The van der Waals surface area contributed by atoms with Gasteiger partial charge in [0.2, 0.25) is 10.0 Å². The Morgan fingerprint density at radius 2 is 1.81 bits per heavy atom. The van der Waals surface area contributed by atoms with Gasteiger partial charge >= 0.3 is 0 Å². The van der Waals surface area contributed by atoms with Gasteiger partial charge in [0.05, 0.1) is 5.75 Å². The van der Waals surface area contributed by atoms with E-state index in [-0.39, 0.29) is 11.5 Å². The maximum atomic E-state index is 11.8. The van der Waals surface area contributed by atoms with Crippen molar-refractivity contribution in [3.05, 3.63) is 0 Å². The number of hydrogen-bond donors (Lipinski definition) is 0. The van der Waals surface area contributed by atoms with Gasteiger partial charge in [0.1, 0.15) is 5.37 Å². The fourth-order valence-electron chi connectivity index (χ4n) is 1.53. The van der Waals surface area contributed by atoms with Gasteiger partial charge in [-0.1, -0.05) is 6.92 Å². The molecule has 1 rings (SSSR count). The standard InChI is InChI=1S/C8H17NO4S3/c1-3-15(10,11)8-7-14-6-5-9(8)16(12,13)4-2/h8H,3-7H2,1-2H3. The van der Waals surface area contributed by atoms with E-state index in [9.17, 15) is 16.8 Å². The normalized spacial score (nSPS) is 24.5. The van der Waals surface area contributed by atoms with Crippen LogP contribution < -0.4 is 0 Å². The molecule has 1 saturated heterocycles. The Kier molecular flexibility index (Phi) is 4.67. The SMILES string of the molecule is CCS(=O)(=O)C1CSCCN1S(=O)(=O)CC. The zero-order valence-electron chi connectivity index (χ0n) is 9.42. The lowest BCUT2D eigenvalue weighted by Crippen LogP contribution is -2.51. The Labute approximate surface area is 102 Å². The third-order valence-corrected chi connectivity index (χ3v) is 7.88. The molecule has 0 amide bonds. The van der Waals surface area contributed by atoms with Crippen LogP contribution in [0.1, 0.15) is 13.8 Å². The monoisotopic (exact) mass is 287 g/mol. The molecule has 1 heterocycles. The Bertz CT molecular complexity index is 386. The lowest BCUT2D eigenvalue weighted by atomic mass is 10.6. The summed E-state index contributed by atoms with van der Waals surface area (Å²) in [6, 6.07) is 0. The van der Waals surface area contributed by atoms with Crippen molar-refractivity contribution in [3.8, 4) is 0 Å². The molecule has 0 spiro atoms. The van der Waals surface area contributed by atoms with E-state index in [0.29, 0.717) is 18.1 Å². The molecule has 0 radical (unpaired) electrons. The second-order valence-electron chi connectivity index (χ2n) is 3.49. The van der Waals surface area contributed by atoms with Crippen molar-refractivity contribution >= 4 is 31.6 Å². The largest absolute Gasteiger partial charge is 0.227 e. The Hall–Kier alpha value is 0.210. The fraction of sp³-hybridized carbons (Fsp3) is 1.00. The summed E-state index contributed by atoms with van der Waals surface area (Å²) in [5, 5.41) is -0.874. The molecule has 16 heavy (non-hydrogen) atoms. The molecule has 0 aliphatic carbocycles. The van der Waals surface area contributed by atoms with Gasteiger partial charge in [-0.2, -0.15) is 16.1 Å². The van der Waals surface area contributed by atoms with Crippen molar-refractivity contribution in [1.82, 2.24) is 4.31 Å². The maximum Gasteiger partial charge on any atom is 0.215 e. The molecule has 8 heteroatoms. The van der Waals surface area contributed by atoms with Crippen LogP contribution in [-0.4, -0.2) is 56.1 Å². The lowest BCUT2D eigenvalue weighted by molar-refractivity contribution is 0.404. The molecule has 1 aliphatic heterocycles. The van der Waals surface area contributed by atoms with Crippen LogP contribution in [0.2, 0.25) is 0 Å². The highest BCUT2D eigenvalue weighted by Crippen LogP contribution is 2.24. The quantitative estimate of drug-likeness (QED) is 0.736. The number of nitrogens with zero attached hydrogens (tertiary/aromatic N) is 1. The van der Waals surface area contributed by atoms with Gasteiger partial charge in [-0.25, -0.2) is 16.8 Å². The molecule has 0 aromatic rings. The molecule has 0 aromatic heterocycles. The van der Waals surface area contributed by atoms with Crippen LogP contribution in [0.3, 0.4) is 0 Å². The zero-order chi connectivity index (χ0) is 12.4. The van der Waals surface area contributed by atoms with E-state index in [1.165, 1.54) is 18.7 Å². The van der Waals surface area contributed by atoms with Gasteiger partial charge in [-0.3, -0.25) is 0 Å². The summed E-state index contributed by atoms with van der Waals surface area (Å²) >= 11 is 1.49. The van der Waals surface area contributed by atoms with E-state index in [1.807, 2.05) is 0 Å². The van der Waals surface area contributed by atoms with Crippen molar-refractivity contribution in [1.29, 1.82) is 0 Å². The first-order valence-corrected chi connectivity index (χ1v) is 9.62. The molecular weight excluding hydrogens is 270 g/mol. The number of sulfonamides is 1. The van der Waals surface area contributed by atoms with E-state index in [1.54, 1.807) is 6.92 Å². The van der Waals surface area contributed by atoms with Crippen LogP contribution >= 0.6 is 11.8 Å². The van der Waals surface area contributed by atoms with Crippen molar-refractivity contribution in [3.63, 3.8) is 0 Å². The van der Waals surface area contributed by atoms with Crippen molar-refractivity contribution in [2.24, 2.45) is 0 Å². The average Bonchev–Trinajstić information content (AvgIpc) is 2.29. The minimum atomic E-state index is -3.42. The summed E-state index contributed by atoms with van der Waals surface area (Å²) in [7, 11) is -6.76. The third kappa shape index (κ3) is 2.91. The van der Waals surface area contributed by atoms with Gasteiger partial charge < -0.3 is 0 Å². The molecule has 1 fully saturated rings. The zero-order valence-corrected chi connectivity index (χ0v) is 11.9. The van der Waals surface area contributed by atoms with Gasteiger partial charge in [-0.05, 0) is 6.92 Å². The average molecular weight is 287 g/mol. The van der Waals surface area contributed by atoms with Gasteiger partial charge in [0.25, 0.3) is 0 Å². The van der Waals surface area contributed by atoms with Gasteiger partial charge in [0, 0.05) is 23.8 Å². The summed E-state index contributed by atoms with van der Waals surface area (Å²) in [4.78, 5) is 0. The Morgan fingerprint density at radius 3 is 2.31 bits per heavy atom. The summed E-state index contributed by atoms with van der Waals surface area (Å²) in [6.07, 6.45) is 0. The first-order chi connectivity index (χ1) is 7.35. The first kappa shape index (κ1) is 14.3. The predicted octanol–water partition coefficient (Wildman–Crippen LogP) is 0.146. The molecule has 5 nitrogen and oxygen atoms in total. The van der Waals surface area contributed by atoms with E-state index in [2.05, 4.69) is 0 Å². The second kappa shape index (κ2) is 5.24. The van der Waals surface area contributed by atoms with Crippen molar-refractivity contribution in [2.75, 3.05) is 29.6 Å². The molecule has 1 atom stereocenters. The topological polar surface area (TPSA) is 71.5 Å². The van der Waals surface area contributed by atoms with Crippen molar-refractivity contribution in [2.45, 2.75) is 19.2 Å². The van der Waals surface area contributed by atoms with Crippen LogP contribution in [-0.2, 0) is 19.9 Å². The number of hydrogen-bond acceptors (Lipinski definition) is 5. The molecule has 0 saturated carbocycles. The summed E-state index contributed by atoms with van der Waals surface area (Å²) in [5.41, 5.74) is 0. The molecule has 1 aliphatic rings. The lowest BCUT2D eigenvalue weighted by Gasteiger charge is -2.33. The van der Waals surface area contributed by atoms with Gasteiger partial charge in [0.15, 0.2) is 9.84 Å². The Balaban J connectivity index is 3.07. The molecule has 0 N–H and O–H groups in total. The van der Waals surface area contributed by atoms with Gasteiger partial charge in [-0.15, -0.1) is 0 Å². The van der Waals surface area contributed by atoms with E-state index in [4.69, 9.17) is 0 Å². The Morgan fingerprint density at radius 1 is 1.19 bits per heavy atom. The summed E-state index contributed by atoms with van der Waals surface area (Å²) < 4.78 is 48.3. The highest BCUT2D eigenvalue weighted by molar-refractivity contribution is 8.01. The van der Waals surface area contributed by atoms with E-state index < -0.39 is 25.2 Å². The van der Waals surface area contributed by atoms with Crippen LogP contribution in [0.4, 0.5) is 0 Å². The molecule has 0 bridgehead atoms. The smallest absolute Gasteiger partial charge is 0.215 e. The minimum absolute atomic E-state index is 0.0199. The third-order valence-electron chi connectivity index (χ3n) is 2.58. The molecular formula is C8H17NO4S3. The van der Waals surface area contributed by atoms with E-state index >= 15 is 0 Å².